The summed E-state index contributed by atoms with van der Waals surface area (Å²) in [6.07, 6.45) is 1.69. The van der Waals surface area contributed by atoms with Gasteiger partial charge in [0.15, 0.2) is 5.82 Å². The summed E-state index contributed by atoms with van der Waals surface area (Å²) in [5.74, 6) is 1.40. The Bertz CT molecular complexity index is 296. The lowest BCUT2D eigenvalue weighted by atomic mass is 9.96. The fourth-order valence-electron chi connectivity index (χ4n) is 1.63. The molecule has 0 saturated carbocycles. The van der Waals surface area contributed by atoms with E-state index in [2.05, 4.69) is 29.0 Å². The highest BCUT2D eigenvalue weighted by Crippen LogP contribution is 2.29. The highest BCUT2D eigenvalue weighted by atomic mass is 16.5. The van der Waals surface area contributed by atoms with Gasteiger partial charge in [-0.2, -0.15) is 5.10 Å². The highest BCUT2D eigenvalue weighted by molar-refractivity contribution is 5.04. The van der Waals surface area contributed by atoms with Gasteiger partial charge in [0.25, 0.3) is 0 Å². The van der Waals surface area contributed by atoms with Crippen LogP contribution in [0.15, 0.2) is 0 Å². The Kier molecular flexibility index (Phi) is 3.82. The van der Waals surface area contributed by atoms with Crippen LogP contribution in [0, 0.1) is 0 Å². The van der Waals surface area contributed by atoms with Gasteiger partial charge < -0.3 is 10.5 Å². The van der Waals surface area contributed by atoms with Crippen molar-refractivity contribution in [3.8, 4) is 0 Å². The molecule has 0 aromatic carbocycles. The number of nitrogens with zero attached hydrogens (tertiary/aromatic N) is 2. The first-order valence-electron chi connectivity index (χ1n) is 5.33. The molecular formula is C10H20N4O. The van der Waals surface area contributed by atoms with E-state index in [-0.39, 0.29) is 11.6 Å². The van der Waals surface area contributed by atoms with Crippen LogP contribution in [-0.2, 0) is 10.3 Å². The Balaban J connectivity index is 3.01. The summed E-state index contributed by atoms with van der Waals surface area (Å²) in [5, 5.41) is 7.03. The van der Waals surface area contributed by atoms with Crippen LogP contribution in [0.2, 0.25) is 0 Å². The van der Waals surface area contributed by atoms with E-state index >= 15 is 0 Å². The predicted octanol–water partition coefficient (Wildman–Crippen LogP) is 1.49. The molecular weight excluding hydrogens is 192 g/mol. The van der Waals surface area contributed by atoms with E-state index in [1.807, 2.05) is 6.92 Å². The minimum Gasteiger partial charge on any atom is -0.370 e. The molecule has 0 fully saturated rings. The Morgan fingerprint density at radius 1 is 1.47 bits per heavy atom. The van der Waals surface area contributed by atoms with Crippen LogP contribution in [0.1, 0.15) is 51.3 Å². The van der Waals surface area contributed by atoms with E-state index in [4.69, 9.17) is 10.5 Å². The molecule has 0 radical (unpaired) electrons. The van der Waals surface area contributed by atoms with E-state index in [1.165, 1.54) is 0 Å². The van der Waals surface area contributed by atoms with Gasteiger partial charge in [0, 0.05) is 7.11 Å². The van der Waals surface area contributed by atoms with Gasteiger partial charge in [0.1, 0.15) is 11.4 Å². The highest BCUT2D eigenvalue weighted by Gasteiger charge is 2.32. The van der Waals surface area contributed by atoms with Crippen molar-refractivity contribution in [2.45, 2.75) is 45.3 Å². The maximum absolute atomic E-state index is 5.72. The number of hydrogen-bond acceptors (Lipinski definition) is 4. The number of nitrogens with two attached hydrogens (primary N) is 1. The van der Waals surface area contributed by atoms with Crippen LogP contribution in [0.5, 0.6) is 0 Å². The number of rotatable bonds is 5. The number of ether oxygens (including phenoxy) is 1. The van der Waals surface area contributed by atoms with Crippen molar-refractivity contribution in [2.24, 2.45) is 5.73 Å². The zero-order chi connectivity index (χ0) is 11.5. The van der Waals surface area contributed by atoms with Gasteiger partial charge in [-0.05, 0) is 19.8 Å². The van der Waals surface area contributed by atoms with E-state index in [1.54, 1.807) is 7.11 Å². The number of aromatic amines is 1. The largest absolute Gasteiger partial charge is 0.370 e. The first-order valence-corrected chi connectivity index (χ1v) is 5.33. The third-order valence-electron chi connectivity index (χ3n) is 2.87. The summed E-state index contributed by atoms with van der Waals surface area (Å²) < 4.78 is 5.53. The molecule has 1 atom stereocenters. The molecule has 5 heteroatoms. The lowest BCUT2D eigenvalue weighted by Crippen LogP contribution is -2.28. The Morgan fingerprint density at radius 3 is 2.40 bits per heavy atom. The minimum atomic E-state index is -0.385. The van der Waals surface area contributed by atoms with E-state index in [9.17, 15) is 0 Å². The van der Waals surface area contributed by atoms with Crippen molar-refractivity contribution in [1.29, 1.82) is 0 Å². The lowest BCUT2D eigenvalue weighted by molar-refractivity contribution is -0.0289. The van der Waals surface area contributed by atoms with Gasteiger partial charge in [-0.1, -0.05) is 13.8 Å². The van der Waals surface area contributed by atoms with E-state index < -0.39 is 0 Å². The minimum absolute atomic E-state index is 0.130. The zero-order valence-electron chi connectivity index (χ0n) is 9.87. The second-order valence-electron chi connectivity index (χ2n) is 3.74. The first-order chi connectivity index (χ1) is 7.09. The van der Waals surface area contributed by atoms with Crippen LogP contribution in [0.4, 0.5) is 0 Å². The predicted molar refractivity (Wildman–Crippen MR) is 58.3 cm³/mol. The number of H-pyrrole nitrogens is 1. The summed E-state index contributed by atoms with van der Waals surface area (Å²) in [6.45, 7) is 6.00. The summed E-state index contributed by atoms with van der Waals surface area (Å²) >= 11 is 0. The number of hydrogen-bond donors (Lipinski definition) is 2. The number of nitrogens with one attached hydrogen (secondary N) is 1. The molecule has 0 amide bonds. The first kappa shape index (κ1) is 12.1. The molecule has 0 aliphatic carbocycles. The normalized spacial score (nSPS) is 14.2. The van der Waals surface area contributed by atoms with Crippen LogP contribution in [0.25, 0.3) is 0 Å². The van der Waals surface area contributed by atoms with Crippen LogP contribution >= 0.6 is 0 Å². The Morgan fingerprint density at radius 2 is 2.07 bits per heavy atom. The average molecular weight is 212 g/mol. The third-order valence-corrected chi connectivity index (χ3v) is 2.87. The van der Waals surface area contributed by atoms with Gasteiger partial charge in [-0.25, -0.2) is 4.98 Å². The topological polar surface area (TPSA) is 76.8 Å². The van der Waals surface area contributed by atoms with Crippen LogP contribution in [0.3, 0.4) is 0 Å². The van der Waals surface area contributed by atoms with Gasteiger partial charge in [0.05, 0.1) is 6.04 Å². The molecule has 5 nitrogen and oxygen atoms in total. The maximum atomic E-state index is 5.72. The van der Waals surface area contributed by atoms with E-state index in [0.29, 0.717) is 11.6 Å². The smallest absolute Gasteiger partial charge is 0.182 e. The molecule has 0 aliphatic heterocycles. The molecule has 1 aromatic heterocycles. The van der Waals surface area contributed by atoms with Gasteiger partial charge in [0.2, 0.25) is 0 Å². The average Bonchev–Trinajstić information content (AvgIpc) is 2.71. The van der Waals surface area contributed by atoms with Crippen molar-refractivity contribution in [2.75, 3.05) is 7.11 Å². The molecule has 0 saturated heterocycles. The van der Waals surface area contributed by atoms with Gasteiger partial charge in [-0.3, -0.25) is 5.10 Å². The summed E-state index contributed by atoms with van der Waals surface area (Å²) in [7, 11) is 1.69. The molecule has 1 aromatic rings. The monoisotopic (exact) mass is 212 g/mol. The number of aromatic nitrogens is 3. The van der Waals surface area contributed by atoms with Gasteiger partial charge >= 0.3 is 0 Å². The molecule has 0 spiro atoms. The summed E-state index contributed by atoms with van der Waals surface area (Å²) in [4.78, 5) is 4.38. The molecule has 0 bridgehead atoms. The molecule has 0 aliphatic rings. The molecule has 1 heterocycles. The Labute approximate surface area is 90.4 Å². The molecule has 15 heavy (non-hydrogen) atoms. The third kappa shape index (κ3) is 2.18. The standard InChI is InChI=1S/C10H20N4O/c1-5-10(6-2,15-4)9-12-8(7(3)11)13-14-9/h7H,5-6,11H2,1-4H3,(H,12,13,14). The summed E-state index contributed by atoms with van der Waals surface area (Å²) in [5.41, 5.74) is 5.33. The molecule has 3 N–H and O–H groups in total. The quantitative estimate of drug-likeness (QED) is 0.775. The van der Waals surface area contributed by atoms with E-state index in [0.717, 1.165) is 12.8 Å². The van der Waals surface area contributed by atoms with Crippen molar-refractivity contribution < 1.29 is 4.74 Å². The number of methoxy groups -OCH3 is 1. The zero-order valence-corrected chi connectivity index (χ0v) is 9.87. The molecule has 1 rings (SSSR count). The SMILES string of the molecule is CCC(CC)(OC)c1n[nH]c(C(C)N)n1. The second kappa shape index (κ2) is 4.72. The molecule has 1 unspecified atom stereocenters. The fourth-order valence-corrected chi connectivity index (χ4v) is 1.63. The van der Waals surface area contributed by atoms with Crippen molar-refractivity contribution in [1.82, 2.24) is 15.2 Å². The fraction of sp³-hybridized carbons (Fsp3) is 0.800. The van der Waals surface area contributed by atoms with Crippen molar-refractivity contribution >= 4 is 0 Å². The van der Waals surface area contributed by atoms with Crippen LogP contribution < -0.4 is 5.73 Å². The lowest BCUT2D eigenvalue weighted by Gasteiger charge is -2.26. The summed E-state index contributed by atoms with van der Waals surface area (Å²) in [6, 6.07) is -0.130. The van der Waals surface area contributed by atoms with Crippen molar-refractivity contribution in [3.05, 3.63) is 11.6 Å². The maximum Gasteiger partial charge on any atom is 0.182 e. The Hall–Kier alpha value is -0.940. The van der Waals surface area contributed by atoms with Crippen LogP contribution in [-0.4, -0.2) is 22.3 Å². The molecule has 86 valence electrons. The van der Waals surface area contributed by atoms with Gasteiger partial charge in [-0.15, -0.1) is 0 Å². The van der Waals surface area contributed by atoms with Crippen molar-refractivity contribution in [3.63, 3.8) is 0 Å². The second-order valence-corrected chi connectivity index (χ2v) is 3.74.